The van der Waals surface area contributed by atoms with Gasteiger partial charge in [0.25, 0.3) is 0 Å². The molecule has 0 bridgehead atoms. The van der Waals surface area contributed by atoms with Crippen LogP contribution in [0.3, 0.4) is 0 Å². The predicted octanol–water partition coefficient (Wildman–Crippen LogP) is 4.60. The second kappa shape index (κ2) is 9.77. The fourth-order valence-electron chi connectivity index (χ4n) is 3.55. The van der Waals surface area contributed by atoms with E-state index >= 15 is 0 Å². The number of halogens is 1. The third-order valence-electron chi connectivity index (χ3n) is 5.11. The Morgan fingerprint density at radius 2 is 1.69 bits per heavy atom. The molecule has 29 heavy (non-hydrogen) atoms. The Bertz CT molecular complexity index is 926. The summed E-state index contributed by atoms with van der Waals surface area (Å²) in [6.07, 6.45) is 4.21. The van der Waals surface area contributed by atoms with Gasteiger partial charge in [-0.15, -0.1) is 17.7 Å². The predicted molar refractivity (Wildman–Crippen MR) is 111 cm³/mol. The van der Waals surface area contributed by atoms with Gasteiger partial charge in [0.1, 0.15) is 5.82 Å². The van der Waals surface area contributed by atoms with Crippen LogP contribution in [-0.4, -0.2) is 23.1 Å². The van der Waals surface area contributed by atoms with Gasteiger partial charge in [0.15, 0.2) is 0 Å². The van der Waals surface area contributed by atoms with Gasteiger partial charge in [0.05, 0.1) is 12.2 Å². The molecular weight excluding hydrogens is 406 g/mol. The Balaban J connectivity index is 0.00000240. The van der Waals surface area contributed by atoms with Crippen molar-refractivity contribution in [2.75, 3.05) is 22.9 Å². The maximum absolute atomic E-state index is 13.4. The Hall–Kier alpha value is -2.56. The van der Waals surface area contributed by atoms with Crippen molar-refractivity contribution >= 4 is 11.6 Å². The molecule has 2 aromatic carbocycles. The van der Waals surface area contributed by atoms with E-state index in [-0.39, 0.29) is 22.9 Å². The van der Waals surface area contributed by atoms with Crippen molar-refractivity contribution in [3.63, 3.8) is 0 Å². The summed E-state index contributed by atoms with van der Waals surface area (Å²) in [6.45, 7) is 7.45. The Morgan fingerprint density at radius 1 is 0.966 bits per heavy atom. The monoisotopic (exact) mass is 430 g/mol. The van der Waals surface area contributed by atoms with Gasteiger partial charge in [0, 0.05) is 42.0 Å². The van der Waals surface area contributed by atoms with Gasteiger partial charge in [-0.2, -0.15) is 18.6 Å². The molecule has 151 valence electrons. The van der Waals surface area contributed by atoms with Gasteiger partial charge in [0.2, 0.25) is 5.95 Å². The molecule has 1 aliphatic rings. The fourth-order valence-corrected chi connectivity index (χ4v) is 3.55. The summed E-state index contributed by atoms with van der Waals surface area (Å²) in [5.41, 5.74) is 4.03. The van der Waals surface area contributed by atoms with Gasteiger partial charge in [-0.3, -0.25) is 0 Å². The van der Waals surface area contributed by atoms with Crippen molar-refractivity contribution in [2.45, 2.75) is 25.9 Å². The van der Waals surface area contributed by atoms with Crippen LogP contribution in [0.1, 0.15) is 29.7 Å². The quantitative estimate of drug-likeness (QED) is 0.423. The number of hydrogen-bond acceptors (Lipinski definition) is 4. The minimum absolute atomic E-state index is 0. The molecule has 0 aliphatic carbocycles. The van der Waals surface area contributed by atoms with Gasteiger partial charge >= 0.3 is 0 Å². The smallest absolute Gasteiger partial charge is 0.225 e. The van der Waals surface area contributed by atoms with E-state index in [0.29, 0.717) is 13.1 Å². The number of benzene rings is 2. The first-order valence-corrected chi connectivity index (χ1v) is 9.66. The fraction of sp³-hybridized carbons (Fsp3) is 0.261. The van der Waals surface area contributed by atoms with E-state index < -0.39 is 0 Å². The van der Waals surface area contributed by atoms with Crippen LogP contribution in [0.2, 0.25) is 0 Å². The summed E-state index contributed by atoms with van der Waals surface area (Å²) < 4.78 is 13.4. The molecule has 1 aliphatic heterocycles. The average Bonchev–Trinajstić information content (AvgIpc) is 3.25. The molecule has 0 atom stereocenters. The third-order valence-corrected chi connectivity index (χ3v) is 5.11. The number of aromatic nitrogens is 2. The molecule has 0 amide bonds. The number of hydrogen-bond donors (Lipinski definition) is 0. The number of nitrogens with zero attached hydrogens (tertiary/aromatic N) is 4. The largest absolute Gasteiger partial charge is 0.373 e. The van der Waals surface area contributed by atoms with Crippen LogP contribution in [0.5, 0.6) is 0 Å². The standard InChI is InChI=1S/C23H24FN4.Mn/c1-18-6-2-3-7-19(18)16-28(22-10-8-20(24)9-11-22)17-21-12-13-25-23(26-21)27-14-4-5-15-27;/h2-3,6-13H,1,4-5,14-17H2;/q-1;. The molecule has 1 saturated heterocycles. The molecule has 3 aromatic rings. The minimum Gasteiger partial charge on any atom is -0.373 e. The molecule has 1 aromatic heterocycles. The molecule has 6 heteroatoms. The van der Waals surface area contributed by atoms with Gasteiger partial charge in [-0.25, -0.2) is 14.4 Å². The summed E-state index contributed by atoms with van der Waals surface area (Å²) in [5.74, 6) is 0.561. The van der Waals surface area contributed by atoms with Gasteiger partial charge < -0.3 is 9.80 Å². The van der Waals surface area contributed by atoms with Crippen molar-refractivity contribution in [1.29, 1.82) is 0 Å². The maximum Gasteiger partial charge on any atom is 0.225 e. The maximum atomic E-state index is 13.4. The van der Waals surface area contributed by atoms with E-state index in [1.54, 1.807) is 0 Å². The van der Waals surface area contributed by atoms with E-state index in [4.69, 9.17) is 4.98 Å². The second-order valence-corrected chi connectivity index (χ2v) is 7.14. The van der Waals surface area contributed by atoms with Crippen LogP contribution in [0.25, 0.3) is 0 Å². The van der Waals surface area contributed by atoms with Crippen molar-refractivity contribution in [3.05, 3.63) is 90.4 Å². The first-order chi connectivity index (χ1) is 13.7. The Morgan fingerprint density at radius 3 is 2.41 bits per heavy atom. The second-order valence-electron chi connectivity index (χ2n) is 7.14. The summed E-state index contributed by atoms with van der Waals surface area (Å²) >= 11 is 0. The van der Waals surface area contributed by atoms with E-state index in [1.807, 2.05) is 42.6 Å². The summed E-state index contributed by atoms with van der Waals surface area (Å²) in [7, 11) is 0. The van der Waals surface area contributed by atoms with Crippen LogP contribution in [-0.2, 0) is 30.2 Å². The van der Waals surface area contributed by atoms with E-state index in [0.717, 1.165) is 41.5 Å². The summed E-state index contributed by atoms with van der Waals surface area (Å²) in [5, 5.41) is 0. The minimum atomic E-state index is -0.236. The molecule has 1 radical (unpaired) electrons. The van der Waals surface area contributed by atoms with Crippen LogP contribution >= 0.6 is 0 Å². The molecule has 1 fully saturated rings. The van der Waals surface area contributed by atoms with Crippen molar-refractivity contribution in [3.8, 4) is 0 Å². The summed E-state index contributed by atoms with van der Waals surface area (Å²) in [6, 6.07) is 16.6. The third kappa shape index (κ3) is 5.28. The topological polar surface area (TPSA) is 32.3 Å². The summed E-state index contributed by atoms with van der Waals surface area (Å²) in [4.78, 5) is 13.7. The van der Waals surface area contributed by atoms with Gasteiger partial charge in [-0.05, 0) is 49.7 Å². The SMILES string of the molecule is [CH2-]c1ccccc1CN(Cc1ccnc(N2CCCC2)n1)c1ccc(F)cc1.[Mn]. The average molecular weight is 430 g/mol. The number of anilines is 2. The zero-order valence-corrected chi connectivity index (χ0v) is 17.4. The van der Waals surface area contributed by atoms with Crippen LogP contribution in [0.15, 0.2) is 60.8 Å². The molecule has 0 saturated carbocycles. The Kier molecular flexibility index (Phi) is 7.13. The molecule has 0 spiro atoms. The van der Waals surface area contributed by atoms with Crippen molar-refractivity contribution in [1.82, 2.24) is 9.97 Å². The van der Waals surface area contributed by atoms with Crippen LogP contribution in [0.4, 0.5) is 16.0 Å². The number of rotatable bonds is 6. The molecule has 0 N–H and O–H groups in total. The van der Waals surface area contributed by atoms with E-state index in [2.05, 4.69) is 27.8 Å². The molecule has 4 nitrogen and oxygen atoms in total. The molecule has 2 heterocycles. The zero-order chi connectivity index (χ0) is 19.3. The van der Waals surface area contributed by atoms with Crippen LogP contribution in [0, 0.1) is 12.7 Å². The van der Waals surface area contributed by atoms with Gasteiger partial charge in [-0.1, -0.05) is 6.07 Å². The zero-order valence-electron chi connectivity index (χ0n) is 16.3. The normalized spacial score (nSPS) is 13.2. The van der Waals surface area contributed by atoms with Crippen molar-refractivity contribution < 1.29 is 21.5 Å². The molecule has 4 rings (SSSR count). The first-order valence-electron chi connectivity index (χ1n) is 9.66. The molecule has 0 unspecified atom stereocenters. The van der Waals surface area contributed by atoms with Crippen LogP contribution < -0.4 is 9.80 Å². The first kappa shape index (κ1) is 21.2. The van der Waals surface area contributed by atoms with Crippen molar-refractivity contribution in [2.24, 2.45) is 0 Å². The molecular formula is C23H24FMnN4-. The van der Waals surface area contributed by atoms with E-state index in [9.17, 15) is 4.39 Å². The Labute approximate surface area is 182 Å². The van der Waals surface area contributed by atoms with E-state index in [1.165, 1.54) is 25.0 Å².